The highest BCUT2D eigenvalue weighted by Crippen LogP contribution is 2.64. The minimum atomic E-state index is -2.36. The van der Waals surface area contributed by atoms with Gasteiger partial charge in [-0.25, -0.2) is 9.59 Å². The van der Waals surface area contributed by atoms with Crippen LogP contribution in [0.15, 0.2) is 102 Å². The van der Waals surface area contributed by atoms with E-state index in [1.54, 1.807) is 69.3 Å². The smallest absolute Gasteiger partial charge is 0.338 e. The Morgan fingerprint density at radius 3 is 2.08 bits per heavy atom. The third kappa shape index (κ3) is 8.10. The van der Waals surface area contributed by atoms with Crippen molar-refractivity contribution in [3.8, 4) is 0 Å². The predicted octanol–water partition coefficient (Wildman–Crippen LogP) is 3.97. The van der Waals surface area contributed by atoms with Gasteiger partial charge in [-0.15, -0.1) is 0 Å². The Morgan fingerprint density at radius 1 is 0.891 bits per heavy atom. The van der Waals surface area contributed by atoms with Crippen LogP contribution in [0.4, 0.5) is 0 Å². The van der Waals surface area contributed by atoms with Crippen molar-refractivity contribution in [3.05, 3.63) is 119 Å². The van der Waals surface area contributed by atoms with Crippen LogP contribution in [0.25, 0.3) is 0 Å². The molecule has 15 nitrogen and oxygen atoms in total. The Kier molecular flexibility index (Phi) is 12.9. The number of rotatable bonds is 11. The lowest BCUT2D eigenvalue weighted by Gasteiger charge is -2.67. The molecule has 16 heteroatoms. The Bertz CT molecular complexity index is 2330. The third-order valence-corrected chi connectivity index (χ3v) is 14.0. The van der Waals surface area contributed by atoms with E-state index in [1.165, 1.54) is 19.1 Å². The number of thiocarbonyl (C=S) groups is 1. The lowest BCUT2D eigenvalue weighted by atomic mass is 9.44. The molecule has 0 unspecified atom stereocenters. The summed E-state index contributed by atoms with van der Waals surface area (Å²) in [6, 6.07) is 24.8. The summed E-state index contributed by atoms with van der Waals surface area (Å²) in [6.07, 6.45) is -10.2. The minimum Gasteiger partial charge on any atom is -0.456 e. The highest BCUT2D eigenvalue weighted by atomic mass is 32.1. The molecule has 3 aromatic rings. The highest BCUT2D eigenvalue weighted by molar-refractivity contribution is 7.80. The lowest BCUT2D eigenvalue weighted by Crippen LogP contribution is -2.82. The number of carbonyl (C=O) groups is 5. The molecule has 0 aromatic heterocycles. The molecule has 4 aliphatic rings. The van der Waals surface area contributed by atoms with E-state index in [0.29, 0.717) is 12.1 Å². The average molecular weight is 899 g/mol. The van der Waals surface area contributed by atoms with Gasteiger partial charge in [0.25, 0.3) is 0 Å². The molecule has 2 saturated carbocycles. The van der Waals surface area contributed by atoms with Gasteiger partial charge in [0.1, 0.15) is 23.9 Å². The Labute approximate surface area is 376 Å². The van der Waals surface area contributed by atoms with Crippen molar-refractivity contribution in [2.45, 2.75) is 115 Å². The maximum absolute atomic E-state index is 15.5. The average Bonchev–Trinajstić information content (AvgIpc) is 3.26. The fraction of sp³-hybridized carbons (Fsp3) is 0.458. The van der Waals surface area contributed by atoms with Crippen molar-refractivity contribution in [2.24, 2.45) is 16.7 Å². The van der Waals surface area contributed by atoms with Crippen molar-refractivity contribution in [1.29, 1.82) is 0 Å². The van der Waals surface area contributed by atoms with Gasteiger partial charge in [0.05, 0.1) is 35.6 Å². The van der Waals surface area contributed by atoms with Gasteiger partial charge in [-0.05, 0) is 60.5 Å². The fourth-order valence-electron chi connectivity index (χ4n) is 10.3. The monoisotopic (exact) mass is 898 g/mol. The number of nitrogens with one attached hydrogen (secondary N) is 2. The Morgan fingerprint density at radius 2 is 1.50 bits per heavy atom. The Balaban J connectivity index is 1.34. The molecular weight excluding hydrogens is 845 g/mol. The van der Waals surface area contributed by atoms with E-state index in [4.69, 9.17) is 35.9 Å². The summed E-state index contributed by atoms with van der Waals surface area (Å²) < 4.78 is 30.4. The number of fused-ring (bicyclic) bond motifs is 5. The predicted molar refractivity (Wildman–Crippen MR) is 233 cm³/mol. The summed E-state index contributed by atoms with van der Waals surface area (Å²) in [4.78, 5) is 70.3. The first-order valence-electron chi connectivity index (χ1n) is 21.2. The summed E-state index contributed by atoms with van der Waals surface area (Å²) in [5.41, 5.74) is -6.06. The molecular formula is C48H54N2O13S. The maximum Gasteiger partial charge on any atom is 0.338 e. The molecule has 5 N–H and O–H groups in total. The van der Waals surface area contributed by atoms with Crippen molar-refractivity contribution >= 4 is 47.0 Å². The molecule has 1 saturated heterocycles. The van der Waals surface area contributed by atoms with E-state index in [2.05, 4.69) is 10.6 Å². The molecule has 1 heterocycles. The van der Waals surface area contributed by atoms with E-state index in [9.17, 15) is 34.5 Å². The maximum atomic E-state index is 15.5. The molecule has 340 valence electrons. The summed E-state index contributed by atoms with van der Waals surface area (Å²) in [5.74, 6) is -6.08. The number of carbonyl (C=O) groups excluding carboxylic acids is 5. The number of hydrogen-bond donors (Lipinski definition) is 5. The zero-order valence-corrected chi connectivity index (χ0v) is 37.3. The normalized spacial score (nSPS) is 31.2. The van der Waals surface area contributed by atoms with Crippen LogP contribution in [0.3, 0.4) is 0 Å². The first-order valence-corrected chi connectivity index (χ1v) is 21.6. The van der Waals surface area contributed by atoms with Gasteiger partial charge >= 0.3 is 23.9 Å². The lowest BCUT2D eigenvalue weighted by molar-refractivity contribution is -0.346. The molecule has 3 aliphatic carbocycles. The van der Waals surface area contributed by atoms with Gasteiger partial charge in [0.2, 0.25) is 0 Å². The standard InChI is InChI=1S/C48H54N2O13S/c1-26-32(61-43(57)37(54)36(30-18-12-8-13-19-30)50-44(64)49-24-29-16-10-7-11-17-29)23-48(58)41(62-42(56)31-20-14-9-15-21-31)39-46(6,33(53)22-34-47(39,25-59-34)63-28(3)52)40(55)38(60-27(2)51)35(26)45(48,4)5/h7-21,32-34,36-39,41,53-54,58H,22-25H2,1-6H3,(H2,49,50,64)/t32-,33-,34+,36-,37+,38+,39-,41-,46+,47-,48+/m0/s1. The van der Waals surface area contributed by atoms with Crippen LogP contribution >= 0.6 is 12.2 Å². The molecule has 2 bridgehead atoms. The van der Waals surface area contributed by atoms with Gasteiger partial charge in [-0.3, -0.25) is 14.4 Å². The van der Waals surface area contributed by atoms with Gasteiger partial charge in [0, 0.05) is 38.6 Å². The second kappa shape index (κ2) is 17.8. The second-order valence-corrected chi connectivity index (χ2v) is 18.2. The summed E-state index contributed by atoms with van der Waals surface area (Å²) in [6.45, 7) is 8.46. The van der Waals surface area contributed by atoms with E-state index >= 15 is 4.79 Å². The topological polar surface area (TPSA) is 216 Å². The van der Waals surface area contributed by atoms with E-state index in [0.717, 1.165) is 19.4 Å². The number of ketones is 1. The number of Topliss-reactive ketones (excluding diaryl/α,β-unsaturated/α-hetero) is 1. The minimum absolute atomic E-state index is 0.0268. The highest BCUT2D eigenvalue weighted by Gasteiger charge is 2.78. The summed E-state index contributed by atoms with van der Waals surface area (Å²) in [7, 11) is 0. The number of aliphatic hydroxyl groups is 3. The van der Waals surface area contributed by atoms with Crippen LogP contribution in [0, 0.1) is 16.7 Å². The quantitative estimate of drug-likeness (QED) is 0.0797. The first kappa shape index (κ1) is 46.5. The van der Waals surface area contributed by atoms with Gasteiger partial charge in [-0.2, -0.15) is 0 Å². The number of benzene rings is 3. The molecule has 0 radical (unpaired) electrons. The van der Waals surface area contributed by atoms with E-state index < -0.39 is 107 Å². The molecule has 64 heavy (non-hydrogen) atoms. The van der Waals surface area contributed by atoms with Gasteiger partial charge in [0.15, 0.2) is 28.7 Å². The van der Waals surface area contributed by atoms with Crippen LogP contribution in [0.2, 0.25) is 0 Å². The number of aliphatic hydroxyl groups excluding tert-OH is 2. The van der Waals surface area contributed by atoms with Crippen LogP contribution < -0.4 is 10.6 Å². The fourth-order valence-corrected chi connectivity index (χ4v) is 10.5. The van der Waals surface area contributed by atoms with Crippen LogP contribution in [-0.2, 0) is 49.4 Å². The molecule has 3 aromatic carbocycles. The SMILES string of the molecule is CC(=O)O[C@H]1C(=O)[C@@]2(C)[C@H]([C@H](OC(=O)c3ccccc3)[C@]3(O)C[C@H](OC(=O)[C@H](O)[C@@H](NC(=S)NCc4ccccc4)c4ccccc4)C(C)=C1C3(C)C)[C@]1(OC(C)=O)CO[C@@H]1C[C@@H]2O. The van der Waals surface area contributed by atoms with E-state index in [-0.39, 0.29) is 34.8 Å². The van der Waals surface area contributed by atoms with E-state index in [1.807, 2.05) is 30.3 Å². The zero-order valence-electron chi connectivity index (χ0n) is 36.4. The zero-order chi connectivity index (χ0) is 46.4. The molecule has 11 atom stereocenters. The Hall–Kier alpha value is -5.52. The molecule has 0 spiro atoms. The number of hydrogen-bond acceptors (Lipinski definition) is 14. The van der Waals surface area contributed by atoms with Crippen molar-refractivity contribution in [2.75, 3.05) is 6.61 Å². The largest absolute Gasteiger partial charge is 0.456 e. The third-order valence-electron chi connectivity index (χ3n) is 13.7. The molecule has 0 amide bonds. The van der Waals surface area contributed by atoms with Crippen LogP contribution in [0.1, 0.15) is 81.9 Å². The van der Waals surface area contributed by atoms with Crippen LogP contribution in [0.5, 0.6) is 0 Å². The summed E-state index contributed by atoms with van der Waals surface area (Å²) in [5, 5.41) is 43.9. The molecule has 3 fully saturated rings. The van der Waals surface area contributed by atoms with Crippen molar-refractivity contribution in [3.63, 3.8) is 0 Å². The van der Waals surface area contributed by atoms with Crippen LogP contribution in [-0.4, -0.2) is 105 Å². The van der Waals surface area contributed by atoms with Crippen molar-refractivity contribution < 1.29 is 63.0 Å². The number of ether oxygens (including phenoxy) is 5. The second-order valence-electron chi connectivity index (χ2n) is 17.8. The molecule has 1 aliphatic heterocycles. The first-order chi connectivity index (χ1) is 30.3. The molecule has 7 rings (SSSR count). The van der Waals surface area contributed by atoms with Gasteiger partial charge < -0.3 is 49.6 Å². The van der Waals surface area contributed by atoms with Gasteiger partial charge in [-0.1, -0.05) is 92.7 Å². The summed E-state index contributed by atoms with van der Waals surface area (Å²) >= 11 is 5.60. The number of esters is 4. The van der Waals surface area contributed by atoms with Crippen molar-refractivity contribution in [1.82, 2.24) is 10.6 Å².